The van der Waals surface area contributed by atoms with Gasteiger partial charge >= 0.3 is 7.60 Å². The average molecular weight is 312 g/mol. The Bertz CT molecular complexity index is 224. The molecular weight excluding hydrogens is 293 g/mol. The van der Waals surface area contributed by atoms with Crippen molar-refractivity contribution in [2.45, 2.75) is 38.6 Å². The molecule has 0 saturated heterocycles. The predicted molar refractivity (Wildman–Crippen MR) is 70.3 cm³/mol. The van der Waals surface area contributed by atoms with Gasteiger partial charge in [0.05, 0.1) is 17.9 Å². The summed E-state index contributed by atoms with van der Waals surface area (Å²) in [6.45, 7) is 5.18. The zero-order valence-electron chi connectivity index (χ0n) is 9.66. The maximum Gasteiger partial charge on any atom is 0.335 e. The minimum atomic E-state index is -3.26. The molecule has 98 valence electrons. The molecule has 0 saturated carbocycles. The molecule has 0 bridgehead atoms. The number of alkyl halides is 3. The lowest BCUT2D eigenvalue weighted by molar-refractivity contribution is 0.141. The Hall–Kier alpha value is 1.02. The Balaban J connectivity index is 4.68. The highest BCUT2D eigenvalue weighted by Gasteiger charge is 2.35. The Morgan fingerprint density at radius 2 is 1.31 bits per heavy atom. The van der Waals surface area contributed by atoms with Gasteiger partial charge in [0.25, 0.3) is 0 Å². The van der Waals surface area contributed by atoms with E-state index in [1.165, 1.54) is 0 Å². The molecule has 0 aliphatic heterocycles. The molecule has 3 nitrogen and oxygen atoms in total. The molecule has 0 N–H and O–H groups in total. The van der Waals surface area contributed by atoms with Crippen molar-refractivity contribution in [1.82, 2.24) is 0 Å². The third-order valence-electron chi connectivity index (χ3n) is 1.85. The average Bonchev–Trinajstić information content (AvgIpc) is 2.27. The number of rotatable bonds is 8. The van der Waals surface area contributed by atoms with Crippen LogP contribution in [0.1, 0.15) is 20.8 Å². The Morgan fingerprint density at radius 3 is 1.56 bits per heavy atom. The summed E-state index contributed by atoms with van der Waals surface area (Å²) in [6.07, 6.45) is -0.693. The Kier molecular flexibility index (Phi) is 8.70. The van der Waals surface area contributed by atoms with Gasteiger partial charge in [-0.3, -0.25) is 4.57 Å². The molecule has 0 rings (SSSR count). The maximum atomic E-state index is 12.4. The van der Waals surface area contributed by atoms with Crippen LogP contribution in [0.2, 0.25) is 0 Å². The van der Waals surface area contributed by atoms with E-state index >= 15 is 0 Å². The summed E-state index contributed by atoms with van der Waals surface area (Å²) in [6, 6.07) is 0. The Morgan fingerprint density at radius 1 is 0.938 bits per heavy atom. The standard InChI is InChI=1S/C9H18Cl3O3P/c1-7(4-10)14-16(13,9(3)6-12)15-8(2)5-11/h7-9H,4-6H2,1-3H3/t7-,8-,9+/m1/s1. The number of hydrogen-bond donors (Lipinski definition) is 0. The van der Waals surface area contributed by atoms with Gasteiger partial charge in [-0.1, -0.05) is 0 Å². The van der Waals surface area contributed by atoms with Crippen molar-refractivity contribution in [3.8, 4) is 0 Å². The highest BCUT2D eigenvalue weighted by molar-refractivity contribution is 7.54. The summed E-state index contributed by atoms with van der Waals surface area (Å²) in [7, 11) is -3.26. The second-order valence-corrected chi connectivity index (χ2v) is 6.99. The fourth-order valence-corrected chi connectivity index (χ4v) is 3.47. The van der Waals surface area contributed by atoms with Crippen molar-refractivity contribution in [2.75, 3.05) is 17.6 Å². The molecule has 7 heteroatoms. The van der Waals surface area contributed by atoms with Gasteiger partial charge in [0.2, 0.25) is 0 Å². The molecule has 0 aliphatic carbocycles. The van der Waals surface area contributed by atoms with Crippen LogP contribution in [0.5, 0.6) is 0 Å². The topological polar surface area (TPSA) is 35.5 Å². The highest BCUT2D eigenvalue weighted by Crippen LogP contribution is 2.55. The van der Waals surface area contributed by atoms with E-state index in [4.69, 9.17) is 43.9 Å². The van der Waals surface area contributed by atoms with Crippen LogP contribution in [-0.2, 0) is 13.6 Å². The van der Waals surface area contributed by atoms with Crippen molar-refractivity contribution in [2.24, 2.45) is 0 Å². The predicted octanol–water partition coefficient (Wildman–Crippen LogP) is 4.09. The molecule has 0 unspecified atom stereocenters. The monoisotopic (exact) mass is 310 g/mol. The van der Waals surface area contributed by atoms with Gasteiger partial charge in [0, 0.05) is 17.6 Å². The second-order valence-electron chi connectivity index (χ2n) is 3.68. The van der Waals surface area contributed by atoms with E-state index in [0.717, 1.165) is 0 Å². The lowest BCUT2D eigenvalue weighted by Crippen LogP contribution is -2.21. The van der Waals surface area contributed by atoms with E-state index < -0.39 is 7.60 Å². The third kappa shape index (κ3) is 5.57. The van der Waals surface area contributed by atoms with Gasteiger partial charge in [-0.15, -0.1) is 34.8 Å². The first-order valence-electron chi connectivity index (χ1n) is 5.04. The quantitative estimate of drug-likeness (QED) is 0.500. The summed E-state index contributed by atoms with van der Waals surface area (Å²) in [5.74, 6) is 0.691. The van der Waals surface area contributed by atoms with Crippen LogP contribution in [0.4, 0.5) is 0 Å². The zero-order valence-corrected chi connectivity index (χ0v) is 12.8. The third-order valence-corrected chi connectivity index (χ3v) is 5.97. The van der Waals surface area contributed by atoms with E-state index in [1.54, 1.807) is 20.8 Å². The van der Waals surface area contributed by atoms with Gasteiger partial charge in [-0.2, -0.15) is 0 Å². The molecule has 0 aromatic heterocycles. The second kappa shape index (κ2) is 8.18. The first-order chi connectivity index (χ1) is 7.39. The first kappa shape index (κ1) is 17.0. The highest BCUT2D eigenvalue weighted by atomic mass is 35.5. The number of hydrogen-bond acceptors (Lipinski definition) is 3. The van der Waals surface area contributed by atoms with Crippen molar-refractivity contribution in [3.05, 3.63) is 0 Å². The maximum absolute atomic E-state index is 12.4. The molecule has 0 radical (unpaired) electrons. The lowest BCUT2D eigenvalue weighted by atomic mass is 10.5. The zero-order chi connectivity index (χ0) is 12.8. The van der Waals surface area contributed by atoms with E-state index in [1.807, 2.05) is 0 Å². The molecule has 0 spiro atoms. The van der Waals surface area contributed by atoms with Crippen LogP contribution in [-0.4, -0.2) is 35.5 Å². The summed E-state index contributed by atoms with van der Waals surface area (Å²) in [4.78, 5) is 0. The summed E-state index contributed by atoms with van der Waals surface area (Å²) in [5.41, 5.74) is -0.384. The van der Waals surface area contributed by atoms with Crippen LogP contribution in [0.25, 0.3) is 0 Å². The minimum Gasteiger partial charge on any atom is -0.304 e. The molecule has 3 atom stereocenters. The van der Waals surface area contributed by atoms with Crippen LogP contribution in [0.3, 0.4) is 0 Å². The van der Waals surface area contributed by atoms with Crippen molar-refractivity contribution in [1.29, 1.82) is 0 Å². The van der Waals surface area contributed by atoms with Crippen LogP contribution in [0.15, 0.2) is 0 Å². The van der Waals surface area contributed by atoms with E-state index in [0.29, 0.717) is 0 Å². The lowest BCUT2D eigenvalue weighted by Gasteiger charge is -2.27. The van der Waals surface area contributed by atoms with Crippen LogP contribution in [0, 0.1) is 0 Å². The molecule has 0 fully saturated rings. The Labute approximate surface area is 112 Å². The van der Waals surface area contributed by atoms with Gasteiger partial charge < -0.3 is 9.05 Å². The van der Waals surface area contributed by atoms with Gasteiger partial charge in [0.15, 0.2) is 0 Å². The molecule has 0 aliphatic rings. The molecule has 0 amide bonds. The largest absolute Gasteiger partial charge is 0.335 e. The van der Waals surface area contributed by atoms with E-state index in [9.17, 15) is 4.57 Å². The van der Waals surface area contributed by atoms with Gasteiger partial charge in [-0.25, -0.2) is 0 Å². The first-order valence-corrected chi connectivity index (χ1v) is 8.25. The molecular formula is C9H18Cl3O3P. The summed E-state index contributed by atoms with van der Waals surface area (Å²) < 4.78 is 23.2. The van der Waals surface area contributed by atoms with Gasteiger partial charge in [0.1, 0.15) is 0 Å². The van der Waals surface area contributed by atoms with Gasteiger partial charge in [-0.05, 0) is 20.8 Å². The van der Waals surface area contributed by atoms with E-state index in [-0.39, 0.29) is 35.5 Å². The summed E-state index contributed by atoms with van der Waals surface area (Å²) in [5, 5.41) is 0. The fraction of sp³-hybridized carbons (Fsp3) is 1.00. The van der Waals surface area contributed by atoms with Crippen LogP contribution < -0.4 is 0 Å². The normalized spacial score (nSPS) is 18.1. The van der Waals surface area contributed by atoms with Crippen molar-refractivity contribution < 1.29 is 13.6 Å². The van der Waals surface area contributed by atoms with Crippen molar-refractivity contribution in [3.63, 3.8) is 0 Å². The smallest absolute Gasteiger partial charge is 0.304 e. The minimum absolute atomic E-state index is 0.196. The number of halogens is 3. The van der Waals surface area contributed by atoms with Crippen molar-refractivity contribution >= 4 is 42.4 Å². The molecule has 0 aromatic rings. The molecule has 0 heterocycles. The van der Waals surface area contributed by atoms with E-state index in [2.05, 4.69) is 0 Å². The molecule has 16 heavy (non-hydrogen) atoms. The SMILES string of the molecule is C[C@H](CCl)OP(=O)(O[C@H](C)CCl)[C@@H](C)CCl. The fourth-order valence-electron chi connectivity index (χ4n) is 0.875. The van der Waals surface area contributed by atoms with Crippen LogP contribution >= 0.6 is 42.4 Å². The molecule has 0 aromatic carbocycles. The summed E-state index contributed by atoms with van der Waals surface area (Å²) >= 11 is 16.9.